The Morgan fingerprint density at radius 1 is 0.607 bits per heavy atom. The van der Waals surface area contributed by atoms with Crippen LogP contribution in [0.5, 0.6) is 0 Å². The number of hydrogen-bond donors (Lipinski definition) is 14. The minimum atomic E-state index is -3.08. The van der Waals surface area contributed by atoms with Crippen molar-refractivity contribution in [3.63, 3.8) is 0 Å². The summed E-state index contributed by atoms with van der Waals surface area (Å²) in [6, 6.07) is -2.53. The van der Waals surface area contributed by atoms with Crippen molar-refractivity contribution in [2.24, 2.45) is 0 Å². The molecule has 492 valence electrons. The third kappa shape index (κ3) is 26.7. The van der Waals surface area contributed by atoms with Crippen LogP contribution in [0.3, 0.4) is 0 Å². The van der Waals surface area contributed by atoms with Gasteiger partial charge in [-0.1, -0.05) is 174 Å². The highest BCUT2D eigenvalue weighted by atomic mass is 16.8. The summed E-state index contributed by atoms with van der Waals surface area (Å²) in [5, 5.41) is 136. The molecule has 23 heteroatoms. The molecule has 0 aliphatic carbocycles. The van der Waals surface area contributed by atoms with E-state index in [0.29, 0.717) is 19.3 Å². The maximum atomic E-state index is 13.4. The Morgan fingerprint density at radius 2 is 1.11 bits per heavy atom. The SMILES string of the molecule is CCCCCCCCC/C=C\CCCCCCCC(=O)NC(COC1OC(CO)C(OC2OC(CO)C(O)C(OC3(C(=O)O)CC(O)C(NC(C)=O)C(C(O)C(O)CO)O3)C2O)C(O)C1O)C(O)CCCCCCCCCCCCCCCC. The Labute approximate surface area is 499 Å². The topological polar surface area (TPSA) is 373 Å². The van der Waals surface area contributed by atoms with E-state index in [0.717, 1.165) is 71.1 Å². The number of aliphatic hydroxyl groups excluding tert-OH is 11. The first-order valence-electron chi connectivity index (χ1n) is 32.0. The number of unbranched alkanes of at least 4 members (excludes halogenated alkanes) is 25. The first-order valence-corrected chi connectivity index (χ1v) is 32.0. The van der Waals surface area contributed by atoms with Gasteiger partial charge in [0.2, 0.25) is 11.8 Å². The number of aliphatic carboxylic acids is 1. The number of carbonyl (C=O) groups is 3. The van der Waals surface area contributed by atoms with Crippen LogP contribution in [0, 0.1) is 0 Å². The van der Waals surface area contributed by atoms with Gasteiger partial charge in [-0.2, -0.15) is 0 Å². The lowest BCUT2D eigenvalue weighted by molar-refractivity contribution is -0.386. The smallest absolute Gasteiger partial charge is 0.364 e. The molecule has 0 saturated carbocycles. The summed E-state index contributed by atoms with van der Waals surface area (Å²) in [5.41, 5.74) is 0. The van der Waals surface area contributed by atoms with Crippen LogP contribution in [0.4, 0.5) is 0 Å². The molecule has 0 aromatic heterocycles. The van der Waals surface area contributed by atoms with Gasteiger partial charge in [-0.15, -0.1) is 0 Å². The van der Waals surface area contributed by atoms with Gasteiger partial charge in [0, 0.05) is 19.8 Å². The molecule has 3 aliphatic rings. The van der Waals surface area contributed by atoms with Crippen molar-refractivity contribution in [2.45, 2.75) is 330 Å². The number of nitrogens with one attached hydrogen (secondary N) is 2. The predicted octanol–water partition coefficient (Wildman–Crippen LogP) is 3.95. The highest BCUT2D eigenvalue weighted by Gasteiger charge is 2.60. The van der Waals surface area contributed by atoms with Crippen molar-refractivity contribution in [3.8, 4) is 0 Å². The summed E-state index contributed by atoms with van der Waals surface area (Å²) in [6.45, 7) is 2.17. The molecule has 3 aliphatic heterocycles. The van der Waals surface area contributed by atoms with Crippen molar-refractivity contribution >= 4 is 17.8 Å². The van der Waals surface area contributed by atoms with Gasteiger partial charge in [0.25, 0.3) is 5.79 Å². The van der Waals surface area contributed by atoms with E-state index in [2.05, 4.69) is 36.6 Å². The average molecular weight is 1210 g/mol. The van der Waals surface area contributed by atoms with Crippen LogP contribution in [0.1, 0.15) is 220 Å². The molecule has 23 nitrogen and oxygen atoms in total. The number of carboxylic acids is 1. The molecule has 0 radical (unpaired) electrons. The van der Waals surface area contributed by atoms with Crippen LogP contribution in [0.15, 0.2) is 12.2 Å². The van der Waals surface area contributed by atoms with E-state index in [-0.39, 0.29) is 18.9 Å². The zero-order valence-corrected chi connectivity index (χ0v) is 50.8. The molecule has 3 rings (SSSR count). The number of rotatable bonds is 47. The molecule has 0 aromatic rings. The number of carbonyl (C=O) groups excluding carboxylic acids is 2. The van der Waals surface area contributed by atoms with Gasteiger partial charge in [-0.3, -0.25) is 9.59 Å². The highest BCUT2D eigenvalue weighted by Crippen LogP contribution is 2.38. The molecule has 0 aromatic carbocycles. The molecule has 2 amide bonds. The number of allylic oxidation sites excluding steroid dienone is 2. The normalized spacial score (nSPS) is 29.8. The Hall–Kier alpha value is -2.53. The number of carboxylic acid groups (broad SMARTS) is 1. The third-order valence-electron chi connectivity index (χ3n) is 16.5. The fourth-order valence-corrected chi connectivity index (χ4v) is 11.3. The van der Waals surface area contributed by atoms with E-state index >= 15 is 0 Å². The van der Waals surface area contributed by atoms with Gasteiger partial charge in [0.15, 0.2) is 12.6 Å². The monoisotopic (exact) mass is 1210 g/mol. The van der Waals surface area contributed by atoms with E-state index < -0.39 is 148 Å². The molecule has 84 heavy (non-hydrogen) atoms. The number of ether oxygens (including phenoxy) is 6. The van der Waals surface area contributed by atoms with Gasteiger partial charge < -0.3 is 100 Å². The van der Waals surface area contributed by atoms with Crippen LogP contribution in [0.25, 0.3) is 0 Å². The Balaban J connectivity index is 1.64. The summed E-state index contributed by atoms with van der Waals surface area (Å²) in [6.07, 6.45) is 7.97. The zero-order chi connectivity index (χ0) is 61.9. The molecule has 3 heterocycles. The van der Waals surface area contributed by atoms with Crippen LogP contribution in [0.2, 0.25) is 0 Å². The Bertz CT molecular complexity index is 1770. The minimum Gasteiger partial charge on any atom is -0.477 e. The van der Waals surface area contributed by atoms with Crippen molar-refractivity contribution in [1.29, 1.82) is 0 Å². The second-order valence-electron chi connectivity index (χ2n) is 23.6. The third-order valence-corrected chi connectivity index (χ3v) is 16.5. The Morgan fingerprint density at radius 3 is 1.61 bits per heavy atom. The van der Waals surface area contributed by atoms with E-state index in [1.54, 1.807) is 0 Å². The summed E-state index contributed by atoms with van der Waals surface area (Å²) in [4.78, 5) is 38.4. The van der Waals surface area contributed by atoms with E-state index in [1.807, 2.05) is 0 Å². The molecule has 0 bridgehead atoms. The second-order valence-corrected chi connectivity index (χ2v) is 23.6. The summed E-state index contributed by atoms with van der Waals surface area (Å²) >= 11 is 0. The first-order chi connectivity index (χ1) is 40.4. The predicted molar refractivity (Wildman–Crippen MR) is 311 cm³/mol. The van der Waals surface area contributed by atoms with Crippen LogP contribution in [-0.2, 0) is 42.8 Å². The number of aliphatic hydroxyl groups is 11. The number of hydrogen-bond acceptors (Lipinski definition) is 20. The van der Waals surface area contributed by atoms with Crippen LogP contribution < -0.4 is 10.6 Å². The van der Waals surface area contributed by atoms with Crippen molar-refractivity contribution in [2.75, 3.05) is 26.4 Å². The lowest BCUT2D eigenvalue weighted by atomic mass is 9.88. The second kappa shape index (κ2) is 43.2. The fourth-order valence-electron chi connectivity index (χ4n) is 11.3. The standard InChI is InChI=1S/C61H112N2O21/c1-4-6-8-10-12-14-16-18-20-21-23-25-27-29-31-33-35-48(71)63-42(43(68)34-32-30-28-26-24-22-19-17-15-13-11-9-7-5-2)40-79-58-53(75)52(74)55(47(39-66)81-58)82-59-54(76)57(51(73)46(38-65)80-59)84-61(60(77)78)36-44(69)49(62-41(3)67)56(83-61)50(72)45(70)37-64/h20-21,42-47,49-59,64-66,68-70,72-76H,4-19,22-40H2,1-3H3,(H,62,67)(H,63,71)(H,77,78)/b21-20-. The Kier molecular flexibility index (Phi) is 38.9. The molecule has 14 N–H and O–H groups in total. The zero-order valence-electron chi connectivity index (χ0n) is 50.8. The molecule has 18 atom stereocenters. The molecular formula is C61H112N2O21. The fraction of sp³-hybridized carbons (Fsp3) is 0.918. The summed E-state index contributed by atoms with van der Waals surface area (Å²) in [7, 11) is 0. The number of amides is 2. The molecule has 3 saturated heterocycles. The summed E-state index contributed by atoms with van der Waals surface area (Å²) in [5.74, 6) is -6.11. The van der Waals surface area contributed by atoms with Gasteiger partial charge in [-0.05, 0) is 38.5 Å². The maximum absolute atomic E-state index is 13.4. The van der Waals surface area contributed by atoms with E-state index in [4.69, 9.17) is 28.4 Å². The van der Waals surface area contributed by atoms with E-state index in [1.165, 1.54) is 103 Å². The lowest BCUT2D eigenvalue weighted by Gasteiger charge is -2.50. The van der Waals surface area contributed by atoms with Crippen molar-refractivity contribution in [1.82, 2.24) is 10.6 Å². The van der Waals surface area contributed by atoms with Gasteiger partial charge in [0.1, 0.15) is 67.1 Å². The highest BCUT2D eigenvalue weighted by molar-refractivity contribution is 5.77. The van der Waals surface area contributed by atoms with Crippen molar-refractivity contribution < 1.29 is 104 Å². The van der Waals surface area contributed by atoms with Crippen LogP contribution in [-0.4, -0.2) is 215 Å². The van der Waals surface area contributed by atoms with Crippen LogP contribution >= 0.6 is 0 Å². The maximum Gasteiger partial charge on any atom is 0.364 e. The largest absolute Gasteiger partial charge is 0.477 e. The first kappa shape index (κ1) is 75.7. The molecular weight excluding hydrogens is 1100 g/mol. The quantitative estimate of drug-likeness (QED) is 0.0303. The molecule has 0 spiro atoms. The minimum absolute atomic E-state index is 0.214. The molecule has 18 unspecified atom stereocenters. The lowest BCUT2D eigenvalue weighted by Crippen LogP contribution is -2.70. The van der Waals surface area contributed by atoms with Gasteiger partial charge in [0.05, 0.1) is 50.7 Å². The van der Waals surface area contributed by atoms with E-state index in [9.17, 15) is 75.7 Å². The van der Waals surface area contributed by atoms with Crippen molar-refractivity contribution in [3.05, 3.63) is 12.2 Å². The average Bonchev–Trinajstić information content (AvgIpc) is 3.32. The molecule has 3 fully saturated rings. The van der Waals surface area contributed by atoms with Gasteiger partial charge in [-0.25, -0.2) is 4.79 Å². The summed E-state index contributed by atoms with van der Waals surface area (Å²) < 4.78 is 34.8. The van der Waals surface area contributed by atoms with Gasteiger partial charge >= 0.3 is 5.97 Å².